The Hall–Kier alpha value is -0.850. The first kappa shape index (κ1) is 22.2. The van der Waals surface area contributed by atoms with Crippen LogP contribution in [0.1, 0.15) is 19.0 Å². The van der Waals surface area contributed by atoms with E-state index in [0.29, 0.717) is 17.4 Å². The molecule has 1 saturated heterocycles. The molecule has 25 heavy (non-hydrogen) atoms. The van der Waals surface area contributed by atoms with Crippen molar-refractivity contribution in [2.75, 3.05) is 13.1 Å². The van der Waals surface area contributed by atoms with Gasteiger partial charge in [-0.3, -0.25) is 4.79 Å². The van der Waals surface area contributed by atoms with Gasteiger partial charge < -0.3 is 10.6 Å². The molecule has 1 aromatic heterocycles. The summed E-state index contributed by atoms with van der Waals surface area (Å²) in [4.78, 5) is 16.8. The van der Waals surface area contributed by atoms with Gasteiger partial charge in [-0.1, -0.05) is 36.7 Å². The molecule has 0 spiro atoms. The molecule has 1 fully saturated rings. The van der Waals surface area contributed by atoms with Crippen molar-refractivity contribution in [1.29, 1.82) is 0 Å². The standard InChI is InChI=1S/C17H20ClN3OS.2ClH/c1-11-6-7-19-9-15(11)21-16(22)8-12-10-23-17(20-12)13-4-2-3-5-14(13)18;;/h2-5,10-11,15,19H,6-9H2,1H3,(H,21,22);2*1H. The second kappa shape index (κ2) is 10.3. The molecule has 1 amide bonds. The fourth-order valence-corrected chi connectivity index (χ4v) is 3.89. The van der Waals surface area contributed by atoms with E-state index in [9.17, 15) is 4.79 Å². The lowest BCUT2D eigenvalue weighted by atomic mass is 9.95. The largest absolute Gasteiger partial charge is 0.351 e. The summed E-state index contributed by atoms with van der Waals surface area (Å²) in [5.41, 5.74) is 1.70. The first-order chi connectivity index (χ1) is 11.1. The summed E-state index contributed by atoms with van der Waals surface area (Å²) in [6.07, 6.45) is 1.41. The van der Waals surface area contributed by atoms with Gasteiger partial charge in [-0.05, 0) is 24.9 Å². The van der Waals surface area contributed by atoms with Crippen LogP contribution in [0.4, 0.5) is 0 Å². The van der Waals surface area contributed by atoms with Gasteiger partial charge in [-0.2, -0.15) is 0 Å². The molecule has 4 nitrogen and oxygen atoms in total. The Labute approximate surface area is 169 Å². The minimum Gasteiger partial charge on any atom is -0.351 e. The lowest BCUT2D eigenvalue weighted by molar-refractivity contribution is -0.121. The van der Waals surface area contributed by atoms with E-state index in [-0.39, 0.29) is 36.8 Å². The van der Waals surface area contributed by atoms with Crippen LogP contribution < -0.4 is 10.6 Å². The van der Waals surface area contributed by atoms with E-state index in [0.717, 1.165) is 35.8 Å². The third-order valence-corrected chi connectivity index (χ3v) is 5.43. The molecule has 2 unspecified atom stereocenters. The van der Waals surface area contributed by atoms with E-state index in [4.69, 9.17) is 11.6 Å². The normalized spacial score (nSPS) is 19.4. The van der Waals surface area contributed by atoms with E-state index in [1.54, 1.807) is 0 Å². The first-order valence-corrected chi connectivity index (χ1v) is 9.08. The zero-order valence-electron chi connectivity index (χ0n) is 13.8. The summed E-state index contributed by atoms with van der Waals surface area (Å²) in [6.45, 7) is 4.06. The topological polar surface area (TPSA) is 54.0 Å². The Morgan fingerprint density at radius 2 is 2.16 bits per heavy atom. The number of hydrogen-bond donors (Lipinski definition) is 2. The number of nitrogens with one attached hydrogen (secondary N) is 2. The fourth-order valence-electron chi connectivity index (χ4n) is 2.75. The van der Waals surface area contributed by atoms with Gasteiger partial charge in [0, 0.05) is 23.5 Å². The number of rotatable bonds is 4. The molecule has 8 heteroatoms. The molecule has 1 aliphatic heterocycles. The van der Waals surface area contributed by atoms with Crippen LogP contribution in [-0.4, -0.2) is 30.0 Å². The zero-order chi connectivity index (χ0) is 16.2. The zero-order valence-corrected chi connectivity index (χ0v) is 17.0. The Bertz CT molecular complexity index is 695. The number of amides is 1. The maximum atomic E-state index is 12.2. The van der Waals surface area contributed by atoms with Crippen molar-refractivity contribution in [3.05, 3.63) is 40.4 Å². The van der Waals surface area contributed by atoms with Crippen molar-refractivity contribution in [3.63, 3.8) is 0 Å². The fraction of sp³-hybridized carbons (Fsp3) is 0.412. The molecule has 0 saturated carbocycles. The van der Waals surface area contributed by atoms with Gasteiger partial charge in [0.15, 0.2) is 0 Å². The summed E-state index contributed by atoms with van der Waals surface area (Å²) < 4.78 is 0. The van der Waals surface area contributed by atoms with Gasteiger partial charge in [-0.15, -0.1) is 36.2 Å². The van der Waals surface area contributed by atoms with E-state index in [1.165, 1.54) is 11.3 Å². The van der Waals surface area contributed by atoms with Gasteiger partial charge in [-0.25, -0.2) is 4.98 Å². The molecule has 138 valence electrons. The van der Waals surface area contributed by atoms with Crippen molar-refractivity contribution in [3.8, 4) is 10.6 Å². The maximum Gasteiger partial charge on any atom is 0.226 e. The average Bonchev–Trinajstić information content (AvgIpc) is 2.98. The number of halogens is 3. The first-order valence-electron chi connectivity index (χ1n) is 7.83. The molecule has 0 bridgehead atoms. The number of piperidine rings is 1. The van der Waals surface area contributed by atoms with Crippen LogP contribution in [0.2, 0.25) is 5.02 Å². The van der Waals surface area contributed by atoms with Crippen molar-refractivity contribution < 1.29 is 4.79 Å². The number of carbonyl (C=O) groups excluding carboxylic acids is 1. The molecular weight excluding hydrogens is 401 g/mol. The van der Waals surface area contributed by atoms with Crippen LogP contribution in [0.3, 0.4) is 0 Å². The maximum absolute atomic E-state index is 12.2. The highest BCUT2D eigenvalue weighted by molar-refractivity contribution is 7.13. The van der Waals surface area contributed by atoms with Gasteiger partial charge in [0.2, 0.25) is 5.91 Å². The molecule has 0 radical (unpaired) electrons. The predicted octanol–water partition coefficient (Wildman–Crippen LogP) is 3.96. The van der Waals surface area contributed by atoms with Crippen molar-refractivity contribution in [2.24, 2.45) is 5.92 Å². The lowest BCUT2D eigenvalue weighted by Gasteiger charge is -2.30. The number of benzene rings is 1. The highest BCUT2D eigenvalue weighted by atomic mass is 35.5. The summed E-state index contributed by atoms with van der Waals surface area (Å²) in [7, 11) is 0. The van der Waals surface area contributed by atoms with E-state index < -0.39 is 0 Å². The third-order valence-electron chi connectivity index (χ3n) is 4.17. The van der Waals surface area contributed by atoms with Crippen LogP contribution in [0.15, 0.2) is 29.6 Å². The summed E-state index contributed by atoms with van der Waals surface area (Å²) >= 11 is 7.72. The van der Waals surface area contributed by atoms with Crippen LogP contribution >= 0.6 is 47.8 Å². The number of aromatic nitrogens is 1. The molecule has 2 heterocycles. The summed E-state index contributed by atoms with van der Waals surface area (Å²) in [5.74, 6) is 0.538. The Morgan fingerprint density at radius 3 is 2.88 bits per heavy atom. The van der Waals surface area contributed by atoms with Crippen molar-refractivity contribution >= 4 is 53.7 Å². The predicted molar refractivity (Wildman–Crippen MR) is 109 cm³/mol. The molecule has 2 N–H and O–H groups in total. The monoisotopic (exact) mass is 421 g/mol. The Balaban J connectivity index is 0.00000156. The molecule has 3 rings (SSSR count). The van der Waals surface area contributed by atoms with Gasteiger partial charge in [0.25, 0.3) is 0 Å². The minimum absolute atomic E-state index is 0. The number of nitrogens with zero attached hydrogens (tertiary/aromatic N) is 1. The summed E-state index contributed by atoms with van der Waals surface area (Å²) in [6, 6.07) is 7.83. The number of thiazole rings is 1. The Kier molecular flexibility index (Phi) is 9.17. The van der Waals surface area contributed by atoms with E-state index in [2.05, 4.69) is 22.5 Å². The van der Waals surface area contributed by atoms with Gasteiger partial charge in [0.1, 0.15) is 5.01 Å². The van der Waals surface area contributed by atoms with E-state index in [1.807, 2.05) is 29.6 Å². The molecule has 1 aromatic carbocycles. The second-order valence-corrected chi connectivity index (χ2v) is 7.21. The molecule has 1 aliphatic rings. The SMILES string of the molecule is CC1CCNCC1NC(=O)Cc1csc(-c2ccccc2Cl)n1.Cl.Cl. The van der Waals surface area contributed by atoms with E-state index >= 15 is 0 Å². The van der Waals surface area contributed by atoms with Gasteiger partial charge >= 0.3 is 0 Å². The van der Waals surface area contributed by atoms with Crippen LogP contribution in [0.25, 0.3) is 10.6 Å². The lowest BCUT2D eigenvalue weighted by Crippen LogP contribution is -2.50. The van der Waals surface area contributed by atoms with Crippen LogP contribution in [0, 0.1) is 5.92 Å². The summed E-state index contributed by atoms with van der Waals surface area (Å²) in [5, 5.41) is 9.90. The van der Waals surface area contributed by atoms with Gasteiger partial charge in [0.05, 0.1) is 17.1 Å². The average molecular weight is 423 g/mol. The Morgan fingerprint density at radius 1 is 1.40 bits per heavy atom. The molecule has 2 aromatic rings. The highest BCUT2D eigenvalue weighted by Gasteiger charge is 2.22. The highest BCUT2D eigenvalue weighted by Crippen LogP contribution is 2.30. The number of hydrogen-bond acceptors (Lipinski definition) is 4. The number of carbonyl (C=O) groups is 1. The molecule has 2 atom stereocenters. The quantitative estimate of drug-likeness (QED) is 0.784. The van der Waals surface area contributed by atoms with Crippen molar-refractivity contribution in [1.82, 2.24) is 15.6 Å². The van der Waals surface area contributed by atoms with Crippen LogP contribution in [-0.2, 0) is 11.2 Å². The third kappa shape index (κ3) is 5.83. The van der Waals surface area contributed by atoms with Crippen molar-refractivity contribution in [2.45, 2.75) is 25.8 Å². The molecular formula is C17H22Cl3N3OS. The van der Waals surface area contributed by atoms with Crippen LogP contribution in [0.5, 0.6) is 0 Å². The second-order valence-electron chi connectivity index (χ2n) is 5.94. The minimum atomic E-state index is 0. The molecule has 0 aliphatic carbocycles. The smallest absolute Gasteiger partial charge is 0.226 e.